The zero-order valence-electron chi connectivity index (χ0n) is 12.4. The molecule has 0 unspecified atom stereocenters. The number of benzene rings is 1. The van der Waals surface area contributed by atoms with Gasteiger partial charge in [-0.2, -0.15) is 13.2 Å². The molecule has 0 spiro atoms. The zero-order chi connectivity index (χ0) is 16.3. The highest BCUT2D eigenvalue weighted by Crippen LogP contribution is 2.33. The van der Waals surface area contributed by atoms with Crippen molar-refractivity contribution in [2.45, 2.75) is 44.6 Å². The third kappa shape index (κ3) is 3.82. The van der Waals surface area contributed by atoms with E-state index in [0.29, 0.717) is 34.9 Å². The summed E-state index contributed by atoms with van der Waals surface area (Å²) in [6.45, 7) is 4.08. The van der Waals surface area contributed by atoms with Gasteiger partial charge in [-0.3, -0.25) is 4.79 Å². The lowest BCUT2D eigenvalue weighted by Gasteiger charge is -2.09. The molecule has 1 aromatic heterocycles. The maximum absolute atomic E-state index is 12.9. The highest BCUT2D eigenvalue weighted by Gasteiger charge is 2.31. The lowest BCUT2D eigenvalue weighted by Crippen LogP contribution is -2.05. The molecular formula is C15H17F3N2OS. The number of nitrogens with zero attached hydrogens (tertiary/aromatic N) is 2. The van der Waals surface area contributed by atoms with Crippen LogP contribution in [0.25, 0.3) is 11.0 Å². The number of halogens is 3. The SMILES string of the molecule is CCCn1c(SCCC(C)=O)nc2ccc(C(F)(F)F)cc21. The van der Waals surface area contributed by atoms with E-state index in [1.54, 1.807) is 4.57 Å². The van der Waals surface area contributed by atoms with Crippen LogP contribution >= 0.6 is 11.8 Å². The highest BCUT2D eigenvalue weighted by molar-refractivity contribution is 7.99. The van der Waals surface area contributed by atoms with E-state index in [1.807, 2.05) is 6.92 Å². The van der Waals surface area contributed by atoms with Crippen LogP contribution in [0, 0.1) is 0 Å². The minimum Gasteiger partial charge on any atom is -0.319 e. The van der Waals surface area contributed by atoms with Crippen molar-refractivity contribution in [3.05, 3.63) is 23.8 Å². The minimum absolute atomic E-state index is 0.0880. The fourth-order valence-electron chi connectivity index (χ4n) is 2.11. The Morgan fingerprint density at radius 2 is 2.09 bits per heavy atom. The molecule has 2 rings (SSSR count). The first-order chi connectivity index (χ1) is 10.3. The first-order valence-corrected chi connectivity index (χ1v) is 8.01. The van der Waals surface area contributed by atoms with Crippen LogP contribution < -0.4 is 0 Å². The lowest BCUT2D eigenvalue weighted by molar-refractivity contribution is -0.137. The number of alkyl halides is 3. The molecule has 0 N–H and O–H groups in total. The molecule has 0 saturated heterocycles. The van der Waals surface area contributed by atoms with Crippen molar-refractivity contribution in [1.29, 1.82) is 0 Å². The van der Waals surface area contributed by atoms with Gasteiger partial charge in [0.2, 0.25) is 0 Å². The second-order valence-electron chi connectivity index (χ2n) is 5.05. The summed E-state index contributed by atoms with van der Waals surface area (Å²) in [6.07, 6.45) is -3.15. The fraction of sp³-hybridized carbons (Fsp3) is 0.467. The molecule has 0 aliphatic carbocycles. The van der Waals surface area contributed by atoms with Crippen molar-refractivity contribution < 1.29 is 18.0 Å². The Morgan fingerprint density at radius 3 is 2.68 bits per heavy atom. The molecular weight excluding hydrogens is 313 g/mol. The van der Waals surface area contributed by atoms with Crippen LogP contribution in [0.3, 0.4) is 0 Å². The normalized spacial score (nSPS) is 12.0. The Hall–Kier alpha value is -1.50. The average Bonchev–Trinajstić information content (AvgIpc) is 2.75. The molecule has 120 valence electrons. The molecule has 1 heterocycles. The van der Waals surface area contributed by atoms with Gasteiger partial charge < -0.3 is 4.57 Å². The summed E-state index contributed by atoms with van der Waals surface area (Å²) in [6, 6.07) is 3.60. The van der Waals surface area contributed by atoms with E-state index in [0.717, 1.165) is 18.6 Å². The van der Waals surface area contributed by atoms with Gasteiger partial charge >= 0.3 is 6.18 Å². The van der Waals surface area contributed by atoms with Crippen molar-refractivity contribution in [2.75, 3.05) is 5.75 Å². The van der Waals surface area contributed by atoms with Gasteiger partial charge in [0.05, 0.1) is 16.6 Å². The summed E-state index contributed by atoms with van der Waals surface area (Å²) >= 11 is 1.40. The van der Waals surface area contributed by atoms with Crippen molar-refractivity contribution in [2.24, 2.45) is 0 Å². The number of imidazole rings is 1. The number of hydrogen-bond donors (Lipinski definition) is 0. The maximum atomic E-state index is 12.9. The summed E-state index contributed by atoms with van der Waals surface area (Å²) in [5.74, 6) is 0.666. The molecule has 3 nitrogen and oxygen atoms in total. The summed E-state index contributed by atoms with van der Waals surface area (Å²) in [5, 5.41) is 0.664. The van der Waals surface area contributed by atoms with E-state index in [-0.39, 0.29) is 5.78 Å². The minimum atomic E-state index is -4.36. The Bertz CT molecular complexity index is 679. The smallest absolute Gasteiger partial charge is 0.319 e. The van der Waals surface area contributed by atoms with Crippen LogP contribution in [0.1, 0.15) is 32.3 Å². The van der Waals surface area contributed by atoms with Crippen LogP contribution in [0.5, 0.6) is 0 Å². The third-order valence-corrected chi connectivity index (χ3v) is 4.15. The molecule has 0 radical (unpaired) electrons. The lowest BCUT2D eigenvalue weighted by atomic mass is 10.2. The van der Waals surface area contributed by atoms with Crippen LogP contribution in [-0.4, -0.2) is 21.1 Å². The second-order valence-corrected chi connectivity index (χ2v) is 6.11. The van der Waals surface area contributed by atoms with Crippen molar-refractivity contribution >= 4 is 28.6 Å². The number of carbonyl (C=O) groups is 1. The van der Waals surface area contributed by atoms with Gasteiger partial charge in [0.1, 0.15) is 5.78 Å². The summed E-state index contributed by atoms with van der Waals surface area (Å²) in [7, 11) is 0. The largest absolute Gasteiger partial charge is 0.416 e. The van der Waals surface area contributed by atoms with Crippen molar-refractivity contribution in [3.63, 3.8) is 0 Å². The monoisotopic (exact) mass is 330 g/mol. The zero-order valence-corrected chi connectivity index (χ0v) is 13.2. The van der Waals surface area contributed by atoms with Gasteiger partial charge in [-0.1, -0.05) is 18.7 Å². The molecule has 2 aromatic rings. The van der Waals surface area contributed by atoms with Gasteiger partial charge in [-0.15, -0.1) is 0 Å². The molecule has 22 heavy (non-hydrogen) atoms. The predicted octanol–water partition coefficient (Wildman–Crippen LogP) is 4.54. The number of hydrogen-bond acceptors (Lipinski definition) is 3. The van der Waals surface area contributed by atoms with E-state index in [2.05, 4.69) is 4.98 Å². The molecule has 0 atom stereocenters. The Morgan fingerprint density at radius 1 is 1.36 bits per heavy atom. The van der Waals surface area contributed by atoms with E-state index in [1.165, 1.54) is 24.8 Å². The number of rotatable bonds is 6. The molecule has 0 saturated carbocycles. The Balaban J connectivity index is 2.39. The molecule has 0 bridgehead atoms. The number of Topliss-reactive ketones (excluding diaryl/α,β-unsaturated/α-hetero) is 1. The Kier molecular flexibility index (Phi) is 5.16. The molecule has 7 heteroatoms. The number of aromatic nitrogens is 2. The standard InChI is InChI=1S/C15H17F3N2OS/c1-3-7-20-13-9-11(15(16,17)18)4-5-12(13)19-14(20)22-8-6-10(2)21/h4-5,9H,3,6-8H2,1-2H3. The second kappa shape index (κ2) is 6.73. The first kappa shape index (κ1) is 16.9. The molecule has 1 aromatic carbocycles. The molecule has 0 fully saturated rings. The van der Waals surface area contributed by atoms with E-state index < -0.39 is 11.7 Å². The van der Waals surface area contributed by atoms with Gasteiger partial charge in [-0.25, -0.2) is 4.98 Å². The number of aryl methyl sites for hydroxylation is 1. The van der Waals surface area contributed by atoms with Gasteiger partial charge in [-0.05, 0) is 31.5 Å². The summed E-state index contributed by atoms with van der Waals surface area (Å²) < 4.78 is 40.4. The van der Waals surface area contributed by atoms with E-state index in [9.17, 15) is 18.0 Å². The maximum Gasteiger partial charge on any atom is 0.416 e. The van der Waals surface area contributed by atoms with Crippen LogP contribution in [0.4, 0.5) is 13.2 Å². The van der Waals surface area contributed by atoms with Gasteiger partial charge in [0.15, 0.2) is 5.16 Å². The number of fused-ring (bicyclic) bond motifs is 1. The Labute approximate surface area is 130 Å². The summed E-state index contributed by atoms with van der Waals surface area (Å²) in [5.41, 5.74) is 0.367. The van der Waals surface area contributed by atoms with Crippen LogP contribution in [0.15, 0.2) is 23.4 Å². The third-order valence-electron chi connectivity index (χ3n) is 3.17. The van der Waals surface area contributed by atoms with E-state index in [4.69, 9.17) is 0 Å². The van der Waals surface area contributed by atoms with E-state index >= 15 is 0 Å². The fourth-order valence-corrected chi connectivity index (χ4v) is 3.19. The summed E-state index contributed by atoms with van der Waals surface area (Å²) in [4.78, 5) is 15.4. The molecule has 0 amide bonds. The van der Waals surface area contributed by atoms with Crippen molar-refractivity contribution in [3.8, 4) is 0 Å². The van der Waals surface area contributed by atoms with Crippen molar-refractivity contribution in [1.82, 2.24) is 9.55 Å². The van der Waals surface area contributed by atoms with Crippen LogP contribution in [0.2, 0.25) is 0 Å². The highest BCUT2D eigenvalue weighted by atomic mass is 32.2. The predicted molar refractivity (Wildman–Crippen MR) is 81.0 cm³/mol. The molecule has 0 aliphatic heterocycles. The number of thioether (sulfide) groups is 1. The topological polar surface area (TPSA) is 34.9 Å². The van der Waals surface area contributed by atoms with Gasteiger partial charge in [0, 0.05) is 18.7 Å². The first-order valence-electron chi connectivity index (χ1n) is 7.02. The van der Waals surface area contributed by atoms with Gasteiger partial charge in [0.25, 0.3) is 0 Å². The molecule has 0 aliphatic rings. The average molecular weight is 330 g/mol. The quantitative estimate of drug-likeness (QED) is 0.730. The number of ketones is 1. The number of carbonyl (C=O) groups excluding carboxylic acids is 1. The van der Waals surface area contributed by atoms with Crippen LogP contribution in [-0.2, 0) is 17.5 Å².